The van der Waals surface area contributed by atoms with Crippen LogP contribution in [0.5, 0.6) is 0 Å². The molecule has 0 aliphatic rings. The van der Waals surface area contributed by atoms with Crippen molar-refractivity contribution in [3.05, 3.63) is 46.0 Å². The zero-order valence-electron chi connectivity index (χ0n) is 9.07. The number of hydrogen-bond donors (Lipinski definition) is 0. The Morgan fingerprint density at radius 2 is 2.00 bits per heavy atom. The largest absolute Gasteiger partial charge is 0.416 e. The van der Waals surface area contributed by atoms with Crippen molar-refractivity contribution in [3.8, 4) is 0 Å². The average Bonchev–Trinajstić information content (AvgIpc) is 2.15. The summed E-state index contributed by atoms with van der Waals surface area (Å²) in [4.78, 5) is 11.7. The molecule has 0 N–H and O–H groups in total. The van der Waals surface area contributed by atoms with E-state index in [2.05, 4.69) is 22.5 Å². The van der Waals surface area contributed by atoms with E-state index < -0.39 is 11.7 Å². The zero-order valence-corrected chi connectivity index (χ0v) is 10.7. The van der Waals surface area contributed by atoms with Gasteiger partial charge in [-0.15, -0.1) is 0 Å². The minimum atomic E-state index is -4.45. The van der Waals surface area contributed by atoms with Gasteiger partial charge < -0.3 is 0 Å². The lowest BCUT2D eigenvalue weighted by atomic mass is 10.0. The van der Waals surface area contributed by atoms with E-state index in [1.807, 2.05) is 0 Å². The molecule has 0 bridgehead atoms. The zero-order chi connectivity index (χ0) is 13.2. The van der Waals surface area contributed by atoms with Crippen LogP contribution in [-0.2, 0) is 6.18 Å². The quantitative estimate of drug-likeness (QED) is 0.588. The maximum Gasteiger partial charge on any atom is 0.416 e. The Balaban J connectivity index is 3.15. The first-order valence-electron chi connectivity index (χ1n) is 4.76. The molecular formula is C12H10BrF3O. The maximum atomic E-state index is 12.5. The second kappa shape index (κ2) is 5.04. The Bertz CT molecular complexity index is 463. The Morgan fingerprint density at radius 1 is 1.41 bits per heavy atom. The van der Waals surface area contributed by atoms with Gasteiger partial charge in [-0.2, -0.15) is 13.2 Å². The molecule has 0 radical (unpaired) electrons. The molecule has 0 aromatic heterocycles. The highest BCUT2D eigenvalue weighted by Gasteiger charge is 2.31. The van der Waals surface area contributed by atoms with Crippen molar-refractivity contribution in [2.24, 2.45) is 0 Å². The molecule has 5 heteroatoms. The van der Waals surface area contributed by atoms with Crippen molar-refractivity contribution in [1.82, 2.24) is 0 Å². The molecule has 0 unspecified atom stereocenters. The Kier molecular flexibility index (Phi) is 4.14. The highest BCUT2D eigenvalue weighted by atomic mass is 79.9. The first-order valence-corrected chi connectivity index (χ1v) is 5.55. The topological polar surface area (TPSA) is 17.1 Å². The van der Waals surface area contributed by atoms with E-state index >= 15 is 0 Å². The molecule has 0 aliphatic carbocycles. The van der Waals surface area contributed by atoms with Gasteiger partial charge in [-0.3, -0.25) is 4.79 Å². The van der Waals surface area contributed by atoms with Gasteiger partial charge in [-0.05, 0) is 25.1 Å². The number of ketones is 1. The SMILES string of the molecule is C=C(C)CC(=O)c1cc(C(F)(F)F)ccc1Br. The van der Waals surface area contributed by atoms with Gasteiger partial charge in [0.05, 0.1) is 5.56 Å². The van der Waals surface area contributed by atoms with Crippen LogP contribution < -0.4 is 0 Å². The fourth-order valence-corrected chi connectivity index (χ4v) is 1.75. The van der Waals surface area contributed by atoms with Gasteiger partial charge in [0.2, 0.25) is 0 Å². The van der Waals surface area contributed by atoms with E-state index in [-0.39, 0.29) is 17.8 Å². The predicted molar refractivity (Wildman–Crippen MR) is 62.9 cm³/mol. The highest BCUT2D eigenvalue weighted by molar-refractivity contribution is 9.10. The molecule has 0 saturated carbocycles. The third-order valence-electron chi connectivity index (χ3n) is 2.06. The summed E-state index contributed by atoms with van der Waals surface area (Å²) in [7, 11) is 0. The van der Waals surface area contributed by atoms with Gasteiger partial charge in [0, 0.05) is 16.5 Å². The van der Waals surface area contributed by atoms with Crippen LogP contribution in [-0.4, -0.2) is 5.78 Å². The summed E-state index contributed by atoms with van der Waals surface area (Å²) in [6.45, 7) is 5.22. The van der Waals surface area contributed by atoms with Crippen LogP contribution in [0, 0.1) is 0 Å². The van der Waals surface area contributed by atoms with Crippen molar-refractivity contribution in [3.63, 3.8) is 0 Å². The maximum absolute atomic E-state index is 12.5. The molecule has 0 saturated heterocycles. The number of benzene rings is 1. The monoisotopic (exact) mass is 306 g/mol. The lowest BCUT2D eigenvalue weighted by Gasteiger charge is -2.10. The first kappa shape index (κ1) is 14.0. The van der Waals surface area contributed by atoms with Crippen LogP contribution in [0.15, 0.2) is 34.8 Å². The highest BCUT2D eigenvalue weighted by Crippen LogP contribution is 2.32. The number of carbonyl (C=O) groups excluding carboxylic acids is 1. The van der Waals surface area contributed by atoms with Crippen molar-refractivity contribution >= 4 is 21.7 Å². The molecule has 0 aliphatic heterocycles. The molecule has 1 aromatic rings. The van der Waals surface area contributed by atoms with Crippen molar-refractivity contribution in [1.29, 1.82) is 0 Å². The summed E-state index contributed by atoms with van der Waals surface area (Å²) in [6, 6.07) is 3.02. The van der Waals surface area contributed by atoms with Crippen LogP contribution in [0.2, 0.25) is 0 Å². The lowest BCUT2D eigenvalue weighted by Crippen LogP contribution is -2.08. The van der Waals surface area contributed by atoms with E-state index in [0.29, 0.717) is 10.0 Å². The fourth-order valence-electron chi connectivity index (χ4n) is 1.28. The van der Waals surface area contributed by atoms with Crippen LogP contribution in [0.3, 0.4) is 0 Å². The summed E-state index contributed by atoms with van der Waals surface area (Å²) >= 11 is 3.07. The van der Waals surface area contributed by atoms with Crippen LogP contribution in [0.25, 0.3) is 0 Å². The van der Waals surface area contributed by atoms with E-state index in [0.717, 1.165) is 12.1 Å². The van der Waals surface area contributed by atoms with Crippen molar-refractivity contribution in [2.75, 3.05) is 0 Å². The molecule has 0 amide bonds. The van der Waals surface area contributed by atoms with Gasteiger partial charge >= 0.3 is 6.18 Å². The number of Topliss-reactive ketones (excluding diaryl/α,β-unsaturated/α-hetero) is 1. The number of alkyl halides is 3. The summed E-state index contributed by atoms with van der Waals surface area (Å²) in [6.07, 6.45) is -4.40. The van der Waals surface area contributed by atoms with E-state index in [1.54, 1.807) is 6.92 Å². The summed E-state index contributed by atoms with van der Waals surface area (Å²) in [5, 5.41) is 0. The van der Waals surface area contributed by atoms with Crippen LogP contribution >= 0.6 is 15.9 Å². The molecule has 0 atom stereocenters. The second-order valence-corrected chi connectivity index (χ2v) is 4.60. The van der Waals surface area contributed by atoms with Gasteiger partial charge in [0.1, 0.15) is 0 Å². The number of carbonyl (C=O) groups is 1. The minimum absolute atomic E-state index is 0.0304. The van der Waals surface area contributed by atoms with E-state index in [4.69, 9.17) is 0 Å². The fraction of sp³-hybridized carbons (Fsp3) is 0.250. The molecule has 1 rings (SSSR count). The van der Waals surface area contributed by atoms with Gasteiger partial charge in [-0.1, -0.05) is 28.1 Å². The standard InChI is InChI=1S/C12H10BrF3O/c1-7(2)5-11(17)9-6-8(12(14,15)16)3-4-10(9)13/h3-4,6H,1,5H2,2H3. The summed E-state index contributed by atoms with van der Waals surface area (Å²) < 4.78 is 37.8. The van der Waals surface area contributed by atoms with E-state index in [9.17, 15) is 18.0 Å². The molecular weight excluding hydrogens is 297 g/mol. The Hall–Kier alpha value is -1.10. The van der Waals surface area contributed by atoms with Crippen LogP contribution in [0.1, 0.15) is 29.3 Å². The third kappa shape index (κ3) is 3.70. The second-order valence-electron chi connectivity index (χ2n) is 3.75. The van der Waals surface area contributed by atoms with Crippen molar-refractivity contribution in [2.45, 2.75) is 19.5 Å². The smallest absolute Gasteiger partial charge is 0.294 e. The number of hydrogen-bond acceptors (Lipinski definition) is 1. The number of halogens is 4. The summed E-state index contributed by atoms with van der Waals surface area (Å²) in [5.41, 5.74) is -0.187. The number of rotatable bonds is 3. The normalized spacial score (nSPS) is 11.4. The molecule has 92 valence electrons. The molecule has 0 heterocycles. The van der Waals surface area contributed by atoms with Crippen LogP contribution in [0.4, 0.5) is 13.2 Å². The average molecular weight is 307 g/mol. The first-order chi connectivity index (χ1) is 7.71. The third-order valence-corrected chi connectivity index (χ3v) is 2.75. The lowest BCUT2D eigenvalue weighted by molar-refractivity contribution is -0.137. The molecule has 17 heavy (non-hydrogen) atoms. The minimum Gasteiger partial charge on any atom is -0.294 e. The molecule has 0 fully saturated rings. The van der Waals surface area contributed by atoms with Gasteiger partial charge in [-0.25, -0.2) is 0 Å². The Morgan fingerprint density at radius 3 is 2.47 bits per heavy atom. The van der Waals surface area contributed by atoms with Gasteiger partial charge in [0.25, 0.3) is 0 Å². The van der Waals surface area contributed by atoms with E-state index in [1.165, 1.54) is 6.07 Å². The number of allylic oxidation sites excluding steroid dienone is 1. The van der Waals surface area contributed by atoms with Gasteiger partial charge in [0.15, 0.2) is 5.78 Å². The molecule has 1 nitrogen and oxygen atoms in total. The predicted octanol–water partition coefficient (Wildman–Crippen LogP) is 4.62. The Labute approximate surface area is 105 Å². The summed E-state index contributed by atoms with van der Waals surface area (Å²) in [5.74, 6) is -0.379. The van der Waals surface area contributed by atoms with Crippen molar-refractivity contribution < 1.29 is 18.0 Å². The molecule has 0 spiro atoms. The molecule has 1 aromatic carbocycles.